The van der Waals surface area contributed by atoms with E-state index >= 15 is 0 Å². The number of hydrazine groups is 1. The quantitative estimate of drug-likeness (QED) is 0.549. The van der Waals surface area contributed by atoms with Gasteiger partial charge in [0.05, 0.1) is 18.3 Å². The van der Waals surface area contributed by atoms with Crippen molar-refractivity contribution in [3.8, 4) is 0 Å². The molecule has 1 amide bonds. The number of aliphatic imine (C=N–C) groups is 1. The van der Waals surface area contributed by atoms with Gasteiger partial charge in [-0.15, -0.1) is 11.3 Å². The molecular formula is C25H34ClN7OS. The predicted molar refractivity (Wildman–Crippen MR) is 145 cm³/mol. The van der Waals surface area contributed by atoms with Gasteiger partial charge in [-0.2, -0.15) is 0 Å². The van der Waals surface area contributed by atoms with Crippen LogP contribution in [0.1, 0.15) is 34.9 Å². The van der Waals surface area contributed by atoms with Crippen LogP contribution in [-0.4, -0.2) is 79.8 Å². The van der Waals surface area contributed by atoms with E-state index in [0.29, 0.717) is 23.9 Å². The number of piperazine rings is 1. The van der Waals surface area contributed by atoms with E-state index in [9.17, 15) is 10.2 Å². The average molecular weight is 516 g/mol. The second-order valence-corrected chi connectivity index (χ2v) is 10.6. The maximum atomic E-state index is 13.4. The molecule has 0 aliphatic carbocycles. The van der Waals surface area contributed by atoms with Crippen LogP contribution in [-0.2, 0) is 4.79 Å². The maximum absolute atomic E-state index is 13.4. The van der Waals surface area contributed by atoms with Crippen molar-refractivity contribution in [1.82, 2.24) is 20.7 Å². The molecule has 0 bridgehead atoms. The van der Waals surface area contributed by atoms with Crippen molar-refractivity contribution < 1.29 is 4.79 Å². The molecule has 10 heteroatoms. The smallest absolute Gasteiger partial charge is 0.225 e. The number of nitrogens with zero attached hydrogens (tertiary/aromatic N) is 4. The van der Waals surface area contributed by atoms with Crippen molar-refractivity contribution in [3.05, 3.63) is 50.9 Å². The normalized spacial score (nSPS) is 19.9. The Morgan fingerprint density at radius 2 is 1.86 bits per heavy atom. The van der Waals surface area contributed by atoms with Crippen LogP contribution in [0.5, 0.6) is 0 Å². The Balaban J connectivity index is 1.77. The molecule has 8 nitrogen and oxygen atoms in total. The molecule has 188 valence electrons. The molecule has 2 aliphatic heterocycles. The molecule has 35 heavy (non-hydrogen) atoms. The molecule has 2 aromatic rings. The maximum Gasteiger partial charge on any atom is 0.225 e. The molecule has 3 N–H and O–H groups in total. The van der Waals surface area contributed by atoms with Gasteiger partial charge < -0.3 is 15.1 Å². The second kappa shape index (κ2) is 10.8. The molecule has 4 rings (SSSR count). The molecule has 1 saturated heterocycles. The number of fused-ring (bicyclic) bond motifs is 1. The minimum atomic E-state index is -0.592. The van der Waals surface area contributed by atoms with Gasteiger partial charge in [0, 0.05) is 47.2 Å². The predicted octanol–water partition coefficient (Wildman–Crippen LogP) is 3.26. The number of amides is 1. The lowest BCUT2D eigenvalue weighted by molar-refractivity contribution is -0.133. The fourth-order valence-corrected chi connectivity index (χ4v) is 5.94. The third-order valence-electron chi connectivity index (χ3n) is 6.92. The summed E-state index contributed by atoms with van der Waals surface area (Å²) in [5.41, 5.74) is 7.07. The lowest BCUT2D eigenvalue weighted by Crippen LogP contribution is -2.53. The Labute approximate surface area is 216 Å². The second-order valence-electron chi connectivity index (χ2n) is 8.98. The first kappa shape index (κ1) is 25.8. The molecular weight excluding hydrogens is 482 g/mol. The van der Waals surface area contributed by atoms with Crippen LogP contribution in [0.15, 0.2) is 29.3 Å². The molecule has 0 saturated carbocycles. The Hall–Kier alpha value is -2.30. The molecule has 3 heterocycles. The van der Waals surface area contributed by atoms with Gasteiger partial charge in [-0.3, -0.25) is 20.6 Å². The number of carbonyl (C=O) groups is 1. The fourth-order valence-electron chi connectivity index (χ4n) is 4.57. The zero-order chi connectivity index (χ0) is 25.3. The van der Waals surface area contributed by atoms with Gasteiger partial charge in [-0.05, 0) is 52.6 Å². The summed E-state index contributed by atoms with van der Waals surface area (Å²) in [4.78, 5) is 23.6. The number of amidine groups is 1. The number of aryl methyl sites for hydroxylation is 1. The minimum absolute atomic E-state index is 0.0323. The summed E-state index contributed by atoms with van der Waals surface area (Å²) >= 11 is 7.85. The molecule has 2 aliphatic rings. The van der Waals surface area contributed by atoms with Crippen LogP contribution in [0.4, 0.5) is 5.00 Å². The van der Waals surface area contributed by atoms with E-state index in [2.05, 4.69) is 29.6 Å². The molecule has 2 atom stereocenters. The Bertz CT molecular complexity index is 1120. The van der Waals surface area contributed by atoms with Gasteiger partial charge in [-0.1, -0.05) is 23.7 Å². The highest BCUT2D eigenvalue weighted by Crippen LogP contribution is 2.40. The number of halogens is 1. The lowest BCUT2D eigenvalue weighted by atomic mass is 9.99. The van der Waals surface area contributed by atoms with Gasteiger partial charge in [-0.25, -0.2) is 5.01 Å². The van der Waals surface area contributed by atoms with E-state index < -0.39 is 6.04 Å². The summed E-state index contributed by atoms with van der Waals surface area (Å²) in [7, 11) is 3.79. The number of hydrogen-bond acceptors (Lipinski definition) is 7. The highest BCUT2D eigenvalue weighted by molar-refractivity contribution is 7.17. The van der Waals surface area contributed by atoms with Gasteiger partial charge in [0.2, 0.25) is 5.91 Å². The van der Waals surface area contributed by atoms with Crippen LogP contribution in [0, 0.1) is 19.3 Å². The summed E-state index contributed by atoms with van der Waals surface area (Å²) < 4.78 is 0. The van der Waals surface area contributed by atoms with Gasteiger partial charge in [0.1, 0.15) is 16.9 Å². The SMILES string of the molecule is CNC(C)N1C(=N)[C@H](CC(=O)N2CCN(NC)CC2)N=C(c2ccc(Cl)cc2)c2c1sc(C)c2C. The third-order valence-corrected chi connectivity index (χ3v) is 8.38. The summed E-state index contributed by atoms with van der Waals surface area (Å²) in [6, 6.07) is 7.06. The first-order valence-electron chi connectivity index (χ1n) is 11.9. The summed E-state index contributed by atoms with van der Waals surface area (Å²) in [5.74, 6) is 0.366. The highest BCUT2D eigenvalue weighted by Gasteiger charge is 2.36. The van der Waals surface area contributed by atoms with Gasteiger partial charge in [0.25, 0.3) is 0 Å². The Morgan fingerprint density at radius 1 is 1.20 bits per heavy atom. The molecule has 0 spiro atoms. The van der Waals surface area contributed by atoms with Crippen molar-refractivity contribution in [2.45, 2.75) is 39.4 Å². The summed E-state index contributed by atoms with van der Waals surface area (Å²) in [5, 5.41) is 16.3. The van der Waals surface area contributed by atoms with Crippen LogP contribution < -0.4 is 15.6 Å². The third kappa shape index (κ3) is 5.15. The van der Waals surface area contributed by atoms with Crippen molar-refractivity contribution in [2.75, 3.05) is 45.2 Å². The van der Waals surface area contributed by atoms with Crippen LogP contribution in [0.2, 0.25) is 5.02 Å². The van der Waals surface area contributed by atoms with E-state index in [1.54, 1.807) is 11.3 Å². The Kier molecular flexibility index (Phi) is 7.92. The van der Waals surface area contributed by atoms with Gasteiger partial charge in [0.15, 0.2) is 0 Å². The van der Waals surface area contributed by atoms with E-state index in [4.69, 9.17) is 16.6 Å². The molecule has 0 radical (unpaired) electrons. The number of benzene rings is 1. The number of hydrogen-bond donors (Lipinski definition) is 3. The Morgan fingerprint density at radius 3 is 2.46 bits per heavy atom. The van der Waals surface area contributed by atoms with Crippen molar-refractivity contribution >= 4 is 45.4 Å². The molecule has 1 aromatic heterocycles. The van der Waals surface area contributed by atoms with E-state index in [0.717, 1.165) is 40.5 Å². The zero-order valence-electron chi connectivity index (χ0n) is 21.0. The number of thiophene rings is 1. The first-order valence-corrected chi connectivity index (χ1v) is 13.1. The molecule has 1 unspecified atom stereocenters. The number of rotatable bonds is 6. The van der Waals surface area contributed by atoms with Crippen LogP contribution in [0.3, 0.4) is 0 Å². The molecule has 1 aromatic carbocycles. The topological polar surface area (TPSA) is 87.1 Å². The molecule has 1 fully saturated rings. The summed E-state index contributed by atoms with van der Waals surface area (Å²) in [6.45, 7) is 9.13. The highest BCUT2D eigenvalue weighted by atomic mass is 35.5. The zero-order valence-corrected chi connectivity index (χ0v) is 22.6. The van der Waals surface area contributed by atoms with Crippen molar-refractivity contribution in [1.29, 1.82) is 5.41 Å². The first-order chi connectivity index (χ1) is 16.7. The van der Waals surface area contributed by atoms with Gasteiger partial charge >= 0.3 is 0 Å². The van der Waals surface area contributed by atoms with Crippen molar-refractivity contribution in [3.63, 3.8) is 0 Å². The van der Waals surface area contributed by atoms with E-state index in [1.165, 1.54) is 4.88 Å². The summed E-state index contributed by atoms with van der Waals surface area (Å²) in [6.07, 6.45) is 0.0327. The lowest BCUT2D eigenvalue weighted by Gasteiger charge is -2.35. The number of carbonyl (C=O) groups excluding carboxylic acids is 1. The minimum Gasteiger partial charge on any atom is -0.340 e. The van der Waals surface area contributed by atoms with Crippen LogP contribution in [0.25, 0.3) is 0 Å². The number of anilines is 1. The number of nitrogens with one attached hydrogen (secondary N) is 3. The average Bonchev–Trinajstić information content (AvgIpc) is 3.08. The van der Waals surface area contributed by atoms with E-state index in [1.807, 2.05) is 55.1 Å². The largest absolute Gasteiger partial charge is 0.340 e. The van der Waals surface area contributed by atoms with Crippen molar-refractivity contribution in [2.24, 2.45) is 4.99 Å². The monoisotopic (exact) mass is 515 g/mol. The fraction of sp³-hybridized carbons (Fsp3) is 0.480. The van der Waals surface area contributed by atoms with Crippen LogP contribution >= 0.6 is 22.9 Å². The van der Waals surface area contributed by atoms with E-state index in [-0.39, 0.29) is 18.5 Å². The standard InChI is InChI=1S/C25H34ClN7OS/c1-15-16(2)35-25-22(15)23(18-6-8-19(26)9-7-18)30-20(24(27)33(25)17(3)28-4)14-21(34)31-10-12-32(29-5)13-11-31/h6-9,17,20,27-29H,10-14H2,1-5H3/t17?,20-/m0/s1.